The Morgan fingerprint density at radius 2 is 1.95 bits per heavy atom. The monoisotopic (exact) mass is 305 g/mol. The third kappa shape index (κ3) is 2.98. The van der Waals surface area contributed by atoms with Crippen molar-refractivity contribution in [2.24, 2.45) is 0 Å². The summed E-state index contributed by atoms with van der Waals surface area (Å²) < 4.78 is 0. The third-order valence-corrected chi connectivity index (χ3v) is 4.76. The Morgan fingerprint density at radius 3 is 2.64 bits per heavy atom. The molecule has 2 aliphatic rings. The van der Waals surface area contributed by atoms with Crippen molar-refractivity contribution in [2.45, 2.75) is 64.0 Å². The summed E-state index contributed by atoms with van der Waals surface area (Å²) in [6, 6.07) is 0.571. The molecule has 7 heteroatoms. The molecule has 0 spiro atoms. The molecule has 1 aromatic rings. The minimum atomic E-state index is -0.339. The zero-order valence-electron chi connectivity index (χ0n) is 13.0. The van der Waals surface area contributed by atoms with Gasteiger partial charge in [-0.2, -0.15) is 0 Å². The standard InChI is InChI=1S/C15H23N5O2/c1-11-6-4-5-9-19(11)15-13(20(21)22)14(16-10-17-15)18-12-7-2-3-8-12/h10-12H,2-9H2,1H3,(H,16,17,18). The molecule has 2 fully saturated rings. The van der Waals surface area contributed by atoms with E-state index in [4.69, 9.17) is 0 Å². The Morgan fingerprint density at radius 1 is 1.23 bits per heavy atom. The van der Waals surface area contributed by atoms with Crippen molar-refractivity contribution < 1.29 is 4.92 Å². The number of hydrogen-bond donors (Lipinski definition) is 1. The van der Waals surface area contributed by atoms with E-state index < -0.39 is 0 Å². The fourth-order valence-electron chi connectivity index (χ4n) is 3.53. The van der Waals surface area contributed by atoms with E-state index in [1.165, 1.54) is 25.6 Å². The van der Waals surface area contributed by atoms with E-state index in [-0.39, 0.29) is 16.7 Å². The van der Waals surface area contributed by atoms with Crippen LogP contribution in [0.3, 0.4) is 0 Å². The third-order valence-electron chi connectivity index (χ3n) is 4.76. The minimum absolute atomic E-state index is 0.0307. The van der Waals surface area contributed by atoms with Crippen molar-refractivity contribution >= 4 is 17.3 Å². The van der Waals surface area contributed by atoms with Crippen LogP contribution in [0.2, 0.25) is 0 Å². The molecule has 0 aromatic carbocycles. The largest absolute Gasteiger partial charge is 0.361 e. The molecule has 1 unspecified atom stereocenters. The van der Waals surface area contributed by atoms with Crippen LogP contribution in [0.4, 0.5) is 17.3 Å². The first-order valence-corrected chi connectivity index (χ1v) is 8.19. The van der Waals surface area contributed by atoms with Crippen LogP contribution < -0.4 is 10.2 Å². The maximum Gasteiger partial charge on any atom is 0.353 e. The average molecular weight is 305 g/mol. The van der Waals surface area contributed by atoms with Crippen LogP contribution in [0.15, 0.2) is 6.33 Å². The van der Waals surface area contributed by atoms with Crippen molar-refractivity contribution in [3.05, 3.63) is 16.4 Å². The number of nitrogens with one attached hydrogen (secondary N) is 1. The van der Waals surface area contributed by atoms with Crippen LogP contribution >= 0.6 is 0 Å². The Balaban J connectivity index is 1.93. The molecule has 3 rings (SSSR count). The molecular formula is C15H23N5O2. The van der Waals surface area contributed by atoms with Crippen molar-refractivity contribution in [3.63, 3.8) is 0 Å². The Hall–Kier alpha value is -1.92. The number of anilines is 2. The zero-order chi connectivity index (χ0) is 15.5. The molecule has 2 heterocycles. The van der Waals surface area contributed by atoms with E-state index in [9.17, 15) is 10.1 Å². The molecule has 1 atom stereocenters. The first-order chi connectivity index (χ1) is 10.7. The van der Waals surface area contributed by atoms with Crippen LogP contribution in [0.5, 0.6) is 0 Å². The zero-order valence-corrected chi connectivity index (χ0v) is 13.0. The maximum atomic E-state index is 11.6. The second-order valence-corrected chi connectivity index (χ2v) is 6.32. The lowest BCUT2D eigenvalue weighted by atomic mass is 10.0. The lowest BCUT2D eigenvalue weighted by Crippen LogP contribution is -2.38. The van der Waals surface area contributed by atoms with Gasteiger partial charge in [0.15, 0.2) is 0 Å². The van der Waals surface area contributed by atoms with Crippen LogP contribution in [0.25, 0.3) is 0 Å². The number of hydrogen-bond acceptors (Lipinski definition) is 6. The lowest BCUT2D eigenvalue weighted by Gasteiger charge is -2.34. The van der Waals surface area contributed by atoms with Gasteiger partial charge in [0, 0.05) is 18.6 Å². The predicted molar refractivity (Wildman–Crippen MR) is 85.2 cm³/mol. The molecule has 0 amide bonds. The summed E-state index contributed by atoms with van der Waals surface area (Å²) in [5, 5.41) is 14.9. The minimum Gasteiger partial charge on any atom is -0.361 e. The molecular weight excluding hydrogens is 282 g/mol. The van der Waals surface area contributed by atoms with Gasteiger partial charge in [-0.05, 0) is 39.0 Å². The second-order valence-electron chi connectivity index (χ2n) is 6.32. The number of nitro groups is 1. The summed E-state index contributed by atoms with van der Waals surface area (Å²) >= 11 is 0. The van der Waals surface area contributed by atoms with Crippen molar-refractivity contribution in [1.82, 2.24) is 9.97 Å². The van der Waals surface area contributed by atoms with Crippen LogP contribution in [0.1, 0.15) is 51.9 Å². The number of rotatable bonds is 4. The van der Waals surface area contributed by atoms with Gasteiger partial charge in [0.25, 0.3) is 0 Å². The van der Waals surface area contributed by atoms with E-state index in [1.807, 2.05) is 0 Å². The van der Waals surface area contributed by atoms with Crippen LogP contribution in [-0.2, 0) is 0 Å². The van der Waals surface area contributed by atoms with E-state index >= 15 is 0 Å². The lowest BCUT2D eigenvalue weighted by molar-refractivity contribution is -0.383. The topological polar surface area (TPSA) is 84.2 Å². The van der Waals surface area contributed by atoms with E-state index in [0.717, 1.165) is 32.2 Å². The van der Waals surface area contributed by atoms with E-state index in [2.05, 4.69) is 27.1 Å². The van der Waals surface area contributed by atoms with Gasteiger partial charge in [-0.15, -0.1) is 0 Å². The summed E-state index contributed by atoms with van der Waals surface area (Å²) in [5.74, 6) is 0.840. The van der Waals surface area contributed by atoms with Gasteiger partial charge in [0.05, 0.1) is 4.92 Å². The SMILES string of the molecule is CC1CCCCN1c1ncnc(NC2CCCC2)c1[N+](=O)[O-]. The molecule has 1 N–H and O–H groups in total. The Kier molecular flexibility index (Phi) is 4.40. The van der Waals surface area contributed by atoms with Gasteiger partial charge in [-0.1, -0.05) is 12.8 Å². The van der Waals surface area contributed by atoms with E-state index in [1.54, 1.807) is 0 Å². The summed E-state index contributed by atoms with van der Waals surface area (Å²) in [7, 11) is 0. The highest BCUT2D eigenvalue weighted by Crippen LogP contribution is 2.36. The van der Waals surface area contributed by atoms with Crippen LogP contribution in [-0.4, -0.2) is 33.5 Å². The fraction of sp³-hybridized carbons (Fsp3) is 0.733. The molecule has 1 aliphatic heterocycles. The summed E-state index contributed by atoms with van der Waals surface area (Å²) in [5.41, 5.74) is 0.0307. The van der Waals surface area contributed by atoms with Crippen LogP contribution in [0, 0.1) is 10.1 Å². The molecule has 1 saturated heterocycles. The molecule has 7 nitrogen and oxygen atoms in total. The maximum absolute atomic E-state index is 11.6. The van der Waals surface area contributed by atoms with Gasteiger partial charge >= 0.3 is 5.69 Å². The highest BCUT2D eigenvalue weighted by Gasteiger charge is 2.31. The van der Waals surface area contributed by atoms with Crippen molar-refractivity contribution in [3.8, 4) is 0 Å². The summed E-state index contributed by atoms with van der Waals surface area (Å²) in [4.78, 5) is 21.7. The van der Waals surface area contributed by atoms with Gasteiger partial charge in [-0.3, -0.25) is 10.1 Å². The summed E-state index contributed by atoms with van der Waals surface area (Å²) in [6.07, 6.45) is 9.17. The quantitative estimate of drug-likeness (QED) is 0.679. The highest BCUT2D eigenvalue weighted by molar-refractivity contribution is 5.71. The number of piperidine rings is 1. The van der Waals surface area contributed by atoms with Gasteiger partial charge in [-0.25, -0.2) is 9.97 Å². The molecule has 22 heavy (non-hydrogen) atoms. The molecule has 0 bridgehead atoms. The van der Waals surface area contributed by atoms with Crippen molar-refractivity contribution in [1.29, 1.82) is 0 Å². The Labute approximate surface area is 130 Å². The number of aromatic nitrogens is 2. The fourth-order valence-corrected chi connectivity index (χ4v) is 3.53. The molecule has 1 aromatic heterocycles. The molecule has 120 valence electrons. The van der Waals surface area contributed by atoms with Gasteiger partial charge in [0.2, 0.25) is 11.6 Å². The first kappa shape index (κ1) is 15.0. The van der Waals surface area contributed by atoms with E-state index in [0.29, 0.717) is 17.7 Å². The number of nitrogens with zero attached hydrogens (tertiary/aromatic N) is 4. The highest BCUT2D eigenvalue weighted by atomic mass is 16.6. The van der Waals surface area contributed by atoms with Crippen molar-refractivity contribution in [2.75, 3.05) is 16.8 Å². The molecule has 1 aliphatic carbocycles. The van der Waals surface area contributed by atoms with Gasteiger partial charge in [0.1, 0.15) is 6.33 Å². The summed E-state index contributed by atoms with van der Waals surface area (Å²) in [6.45, 7) is 2.93. The first-order valence-electron chi connectivity index (χ1n) is 8.19. The average Bonchev–Trinajstić information content (AvgIpc) is 3.00. The Bertz CT molecular complexity index is 545. The van der Waals surface area contributed by atoms with Gasteiger partial charge < -0.3 is 10.2 Å². The smallest absolute Gasteiger partial charge is 0.353 e. The predicted octanol–water partition coefficient (Wildman–Crippen LogP) is 3.12. The normalized spacial score (nSPS) is 22.8. The molecule has 0 radical (unpaired) electrons. The second kappa shape index (κ2) is 6.46. The molecule has 1 saturated carbocycles.